The van der Waals surface area contributed by atoms with Gasteiger partial charge in [0, 0.05) is 6.92 Å². The molecule has 1 amide bonds. The first-order chi connectivity index (χ1) is 9.42. The number of ether oxygens (including phenoxy) is 1. The Morgan fingerprint density at radius 3 is 2.43 bits per heavy atom. The zero-order chi connectivity index (χ0) is 16.4. The van der Waals surface area contributed by atoms with Gasteiger partial charge in [-0.25, -0.2) is 23.5 Å². The average molecular weight is 324 g/mol. The molecule has 1 rings (SSSR count). The molecule has 118 valence electrons. The lowest BCUT2D eigenvalue weighted by molar-refractivity contribution is -0.0953. The maximum Gasteiger partial charge on any atom is 0.413 e. The van der Waals surface area contributed by atoms with Crippen molar-refractivity contribution in [1.82, 2.24) is 9.97 Å². The summed E-state index contributed by atoms with van der Waals surface area (Å²) >= 11 is 5.71. The van der Waals surface area contributed by atoms with Gasteiger partial charge in [-0.2, -0.15) is 0 Å². The van der Waals surface area contributed by atoms with E-state index in [2.05, 4.69) is 15.3 Å². The fraction of sp³-hybridized carbons (Fsp3) is 0.583. The largest absolute Gasteiger partial charge is 0.444 e. The van der Waals surface area contributed by atoms with Crippen LogP contribution in [0.15, 0.2) is 6.33 Å². The Kier molecular flexibility index (Phi) is 5.06. The van der Waals surface area contributed by atoms with Gasteiger partial charge in [0.1, 0.15) is 29.0 Å². The molecule has 0 aliphatic rings. The summed E-state index contributed by atoms with van der Waals surface area (Å²) in [6.45, 7) is 5.42. The van der Waals surface area contributed by atoms with Crippen LogP contribution >= 0.6 is 11.6 Å². The number of aliphatic hydroxyl groups is 1. The van der Waals surface area contributed by atoms with E-state index in [1.165, 1.54) is 0 Å². The minimum atomic E-state index is -3.49. The van der Waals surface area contributed by atoms with E-state index in [1.807, 2.05) is 0 Å². The van der Waals surface area contributed by atoms with Crippen LogP contribution in [0.25, 0.3) is 0 Å². The first-order valence-corrected chi connectivity index (χ1v) is 6.36. The molecule has 0 saturated carbocycles. The lowest BCUT2D eigenvalue weighted by Crippen LogP contribution is -2.29. The maximum atomic E-state index is 13.3. The minimum Gasteiger partial charge on any atom is -0.444 e. The van der Waals surface area contributed by atoms with E-state index in [-0.39, 0.29) is 11.0 Å². The number of aromatic nitrogens is 2. The Balaban J connectivity index is 3.09. The number of alkyl halides is 2. The van der Waals surface area contributed by atoms with Gasteiger partial charge in [0.25, 0.3) is 5.92 Å². The van der Waals surface area contributed by atoms with Gasteiger partial charge in [-0.3, -0.25) is 5.32 Å². The third-order valence-electron chi connectivity index (χ3n) is 2.21. The highest BCUT2D eigenvalue weighted by Crippen LogP contribution is 2.37. The third-order valence-corrected chi connectivity index (χ3v) is 2.51. The van der Waals surface area contributed by atoms with Crippen LogP contribution in [0.4, 0.5) is 19.4 Å². The Labute approximate surface area is 125 Å². The zero-order valence-corrected chi connectivity index (χ0v) is 12.7. The van der Waals surface area contributed by atoms with Gasteiger partial charge >= 0.3 is 6.09 Å². The number of nitrogens with one attached hydrogen (secondary N) is 1. The van der Waals surface area contributed by atoms with Crippen molar-refractivity contribution in [2.75, 3.05) is 5.32 Å². The molecule has 0 spiro atoms. The summed E-state index contributed by atoms with van der Waals surface area (Å²) in [5, 5.41) is 11.4. The molecule has 2 N–H and O–H groups in total. The van der Waals surface area contributed by atoms with Crippen LogP contribution in [0.5, 0.6) is 0 Å². The van der Waals surface area contributed by atoms with Gasteiger partial charge < -0.3 is 9.84 Å². The van der Waals surface area contributed by atoms with Crippen LogP contribution in [-0.2, 0) is 4.74 Å². The summed E-state index contributed by atoms with van der Waals surface area (Å²) in [4.78, 5) is 18.8. The number of amides is 1. The molecule has 0 fully saturated rings. The van der Waals surface area contributed by atoms with Crippen molar-refractivity contribution in [3.8, 4) is 0 Å². The van der Waals surface area contributed by atoms with Crippen molar-refractivity contribution in [3.63, 3.8) is 0 Å². The topological polar surface area (TPSA) is 84.3 Å². The van der Waals surface area contributed by atoms with Crippen molar-refractivity contribution in [2.45, 2.75) is 45.3 Å². The summed E-state index contributed by atoms with van der Waals surface area (Å²) in [7, 11) is 0. The van der Waals surface area contributed by atoms with Crippen LogP contribution in [0.3, 0.4) is 0 Å². The Morgan fingerprint density at radius 1 is 1.38 bits per heavy atom. The van der Waals surface area contributed by atoms with Crippen LogP contribution < -0.4 is 5.32 Å². The second kappa shape index (κ2) is 6.07. The summed E-state index contributed by atoms with van der Waals surface area (Å²) in [6.07, 6.45) is -2.21. The van der Waals surface area contributed by atoms with E-state index < -0.39 is 29.3 Å². The SMILES string of the molecule is CC(C)(C)OC(=O)Nc1ncnc(Cl)c1C(O)C(C)(F)F. The molecule has 0 aliphatic heterocycles. The van der Waals surface area contributed by atoms with Crippen molar-refractivity contribution in [3.05, 3.63) is 17.0 Å². The summed E-state index contributed by atoms with van der Waals surface area (Å²) in [5.74, 6) is -3.82. The summed E-state index contributed by atoms with van der Waals surface area (Å²) in [6, 6.07) is 0. The normalized spacial score (nSPS) is 13.7. The summed E-state index contributed by atoms with van der Waals surface area (Å²) in [5.41, 5.74) is -1.26. The second-order valence-corrected chi connectivity index (χ2v) is 5.77. The standard InChI is InChI=1S/C12H16ClF2N3O3/c1-11(2,3)21-10(20)18-9-6(7(19)12(4,14)15)8(13)16-5-17-9/h5,7,19H,1-4H3,(H,16,17,18,20). The molecule has 0 aromatic carbocycles. The van der Waals surface area contributed by atoms with Gasteiger partial charge in [0.2, 0.25) is 0 Å². The van der Waals surface area contributed by atoms with Crippen molar-refractivity contribution >= 4 is 23.5 Å². The Bertz CT molecular complexity index is 529. The van der Waals surface area contributed by atoms with E-state index >= 15 is 0 Å². The highest BCUT2D eigenvalue weighted by Gasteiger charge is 2.38. The zero-order valence-electron chi connectivity index (χ0n) is 11.9. The molecule has 1 unspecified atom stereocenters. The molecule has 0 saturated heterocycles. The van der Waals surface area contributed by atoms with E-state index in [0.29, 0.717) is 6.92 Å². The molecule has 1 aromatic rings. The van der Waals surface area contributed by atoms with Gasteiger partial charge in [0.15, 0.2) is 0 Å². The van der Waals surface area contributed by atoms with Crippen molar-refractivity contribution in [2.24, 2.45) is 0 Å². The van der Waals surface area contributed by atoms with E-state index in [1.54, 1.807) is 20.8 Å². The Morgan fingerprint density at radius 2 is 1.95 bits per heavy atom. The number of halogens is 3. The number of carbonyl (C=O) groups is 1. The number of rotatable bonds is 3. The number of hydrogen-bond acceptors (Lipinski definition) is 5. The predicted molar refractivity (Wildman–Crippen MR) is 72.5 cm³/mol. The molecule has 1 atom stereocenters. The van der Waals surface area contributed by atoms with Gasteiger partial charge in [-0.15, -0.1) is 0 Å². The van der Waals surface area contributed by atoms with E-state index in [4.69, 9.17) is 16.3 Å². The van der Waals surface area contributed by atoms with Gasteiger partial charge in [-0.05, 0) is 20.8 Å². The predicted octanol–water partition coefficient (Wildman–Crippen LogP) is 3.17. The molecule has 9 heteroatoms. The maximum absolute atomic E-state index is 13.3. The van der Waals surface area contributed by atoms with Crippen molar-refractivity contribution < 1.29 is 23.4 Å². The molecular formula is C12H16ClF2N3O3. The molecule has 0 radical (unpaired) electrons. The number of carbonyl (C=O) groups excluding carboxylic acids is 1. The van der Waals surface area contributed by atoms with Crippen LogP contribution in [-0.4, -0.2) is 32.7 Å². The van der Waals surface area contributed by atoms with Gasteiger partial charge in [-0.1, -0.05) is 11.6 Å². The number of hydrogen-bond donors (Lipinski definition) is 2. The fourth-order valence-electron chi connectivity index (χ4n) is 1.37. The molecule has 21 heavy (non-hydrogen) atoms. The highest BCUT2D eigenvalue weighted by atomic mass is 35.5. The van der Waals surface area contributed by atoms with Crippen molar-refractivity contribution in [1.29, 1.82) is 0 Å². The van der Waals surface area contributed by atoms with Crippen LogP contribution in [0.2, 0.25) is 5.15 Å². The molecule has 6 nitrogen and oxygen atoms in total. The number of anilines is 1. The number of aliphatic hydroxyl groups excluding tert-OH is 1. The first kappa shape index (κ1) is 17.5. The minimum absolute atomic E-state index is 0.335. The first-order valence-electron chi connectivity index (χ1n) is 5.98. The molecular weight excluding hydrogens is 308 g/mol. The van der Waals surface area contributed by atoms with Gasteiger partial charge in [0.05, 0.1) is 5.56 Å². The molecule has 1 heterocycles. The quantitative estimate of drug-likeness (QED) is 0.835. The number of nitrogens with zero attached hydrogens (tertiary/aromatic N) is 2. The summed E-state index contributed by atoms with van der Waals surface area (Å²) < 4.78 is 31.5. The third kappa shape index (κ3) is 5.05. The monoisotopic (exact) mass is 323 g/mol. The Hall–Kier alpha value is -1.54. The smallest absolute Gasteiger partial charge is 0.413 e. The lowest BCUT2D eigenvalue weighted by Gasteiger charge is -2.23. The molecule has 0 aliphatic carbocycles. The second-order valence-electron chi connectivity index (χ2n) is 5.41. The molecule has 1 aromatic heterocycles. The van der Waals surface area contributed by atoms with E-state index in [9.17, 15) is 18.7 Å². The fourth-order valence-corrected chi connectivity index (χ4v) is 1.61. The highest BCUT2D eigenvalue weighted by molar-refractivity contribution is 6.30. The van der Waals surface area contributed by atoms with Crippen LogP contribution in [0, 0.1) is 0 Å². The van der Waals surface area contributed by atoms with Crippen LogP contribution in [0.1, 0.15) is 39.4 Å². The average Bonchev–Trinajstić information content (AvgIpc) is 2.24. The molecule has 0 bridgehead atoms. The van der Waals surface area contributed by atoms with E-state index in [0.717, 1.165) is 6.33 Å². The lowest BCUT2D eigenvalue weighted by atomic mass is 10.1.